The van der Waals surface area contributed by atoms with E-state index >= 15 is 0 Å². The average molecular weight is 269 g/mol. The van der Waals surface area contributed by atoms with Crippen molar-refractivity contribution in [3.8, 4) is 0 Å². The molecule has 0 aliphatic heterocycles. The molecule has 14 heavy (non-hydrogen) atoms. The molecule has 0 unspecified atom stereocenters. The van der Waals surface area contributed by atoms with Crippen LogP contribution in [0, 0.1) is 0 Å². The van der Waals surface area contributed by atoms with Gasteiger partial charge in [0.2, 0.25) is 0 Å². The molecule has 0 fully saturated rings. The van der Waals surface area contributed by atoms with Gasteiger partial charge < -0.3 is 5.11 Å². The monoisotopic (exact) mass is 268 g/mol. The maximum atomic E-state index is 12.3. The third-order valence-electron chi connectivity index (χ3n) is 1.67. The molecule has 1 atom stereocenters. The molecule has 1 N–H and O–H groups in total. The molecular formula is C7H7BrF2N2O2. The van der Waals surface area contributed by atoms with E-state index in [9.17, 15) is 13.6 Å². The van der Waals surface area contributed by atoms with Crippen LogP contribution in [0.3, 0.4) is 0 Å². The normalized spacial score (nSPS) is 13.2. The first-order chi connectivity index (χ1) is 6.43. The first-order valence-corrected chi connectivity index (χ1v) is 4.48. The fourth-order valence-corrected chi connectivity index (χ4v) is 1.30. The third kappa shape index (κ3) is 2.09. The van der Waals surface area contributed by atoms with Crippen molar-refractivity contribution in [2.45, 2.75) is 19.4 Å². The number of carboxylic acid groups (broad SMARTS) is 1. The van der Waals surface area contributed by atoms with E-state index in [-0.39, 0.29) is 4.47 Å². The van der Waals surface area contributed by atoms with E-state index in [1.165, 1.54) is 13.1 Å². The van der Waals surface area contributed by atoms with Crippen LogP contribution in [0.25, 0.3) is 0 Å². The number of carbonyl (C=O) groups is 1. The number of aromatic nitrogens is 2. The molecule has 0 spiro atoms. The quantitative estimate of drug-likeness (QED) is 0.915. The van der Waals surface area contributed by atoms with Gasteiger partial charge in [-0.3, -0.25) is 4.68 Å². The van der Waals surface area contributed by atoms with Gasteiger partial charge in [0.15, 0.2) is 0 Å². The van der Waals surface area contributed by atoms with E-state index < -0.39 is 24.1 Å². The van der Waals surface area contributed by atoms with Crippen molar-refractivity contribution in [2.75, 3.05) is 0 Å². The van der Waals surface area contributed by atoms with Gasteiger partial charge in [0.05, 0.1) is 4.47 Å². The predicted octanol–water partition coefficient (Wildman–Crippen LogP) is 2.23. The first-order valence-electron chi connectivity index (χ1n) is 3.69. The Labute approximate surface area is 86.7 Å². The van der Waals surface area contributed by atoms with Crippen LogP contribution in [0.4, 0.5) is 8.78 Å². The van der Waals surface area contributed by atoms with Crippen LogP contribution in [0.5, 0.6) is 0 Å². The minimum atomic E-state index is -2.72. The zero-order valence-corrected chi connectivity index (χ0v) is 8.70. The van der Waals surface area contributed by atoms with E-state index in [0.29, 0.717) is 0 Å². The van der Waals surface area contributed by atoms with Gasteiger partial charge in [0.25, 0.3) is 6.43 Å². The van der Waals surface area contributed by atoms with Crippen LogP contribution in [-0.4, -0.2) is 20.9 Å². The summed E-state index contributed by atoms with van der Waals surface area (Å²) in [6.45, 7) is 1.36. The van der Waals surface area contributed by atoms with Crippen LogP contribution in [-0.2, 0) is 4.79 Å². The first kappa shape index (κ1) is 11.1. The molecule has 1 aromatic heterocycles. The Hall–Kier alpha value is -0.980. The van der Waals surface area contributed by atoms with E-state index in [0.717, 1.165) is 4.68 Å². The largest absolute Gasteiger partial charge is 0.480 e. The molecule has 1 heterocycles. The number of carboxylic acids is 1. The maximum absolute atomic E-state index is 12.3. The van der Waals surface area contributed by atoms with Gasteiger partial charge in [-0.15, -0.1) is 0 Å². The van der Waals surface area contributed by atoms with Crippen molar-refractivity contribution in [3.05, 3.63) is 16.4 Å². The third-order valence-corrected chi connectivity index (χ3v) is 2.29. The van der Waals surface area contributed by atoms with Gasteiger partial charge in [-0.1, -0.05) is 0 Å². The highest BCUT2D eigenvalue weighted by molar-refractivity contribution is 9.10. The van der Waals surface area contributed by atoms with Gasteiger partial charge in [0, 0.05) is 6.20 Å². The molecule has 0 radical (unpaired) electrons. The maximum Gasteiger partial charge on any atom is 0.328 e. The standard InChI is InChI=1S/C7H7BrF2N2O2/c1-3(7(13)14)12-2-4(8)5(11-12)6(9)10/h2-3,6H,1H3,(H,13,14)/t3-/m0/s1. The average Bonchev–Trinajstić information content (AvgIpc) is 2.45. The Kier molecular flexibility index (Phi) is 3.20. The molecule has 0 aromatic carbocycles. The lowest BCUT2D eigenvalue weighted by Crippen LogP contribution is -2.16. The van der Waals surface area contributed by atoms with Gasteiger partial charge >= 0.3 is 5.97 Å². The Bertz CT molecular complexity index is 353. The van der Waals surface area contributed by atoms with E-state index in [1.807, 2.05) is 0 Å². The molecular weight excluding hydrogens is 262 g/mol. The number of halogens is 3. The lowest BCUT2D eigenvalue weighted by Gasteiger charge is -2.05. The second-order valence-corrected chi connectivity index (χ2v) is 3.51. The Balaban J connectivity index is 3.02. The summed E-state index contributed by atoms with van der Waals surface area (Å²) in [6, 6.07) is -0.959. The molecule has 0 saturated carbocycles. The SMILES string of the molecule is C[C@@H](C(=O)O)n1cc(Br)c(C(F)F)n1. The van der Waals surface area contributed by atoms with Crippen molar-refractivity contribution >= 4 is 21.9 Å². The lowest BCUT2D eigenvalue weighted by molar-refractivity contribution is -0.140. The van der Waals surface area contributed by atoms with Crippen molar-refractivity contribution in [2.24, 2.45) is 0 Å². The second-order valence-electron chi connectivity index (χ2n) is 2.66. The fourth-order valence-electron chi connectivity index (χ4n) is 0.843. The highest BCUT2D eigenvalue weighted by Crippen LogP contribution is 2.26. The van der Waals surface area contributed by atoms with Crippen molar-refractivity contribution in [1.82, 2.24) is 9.78 Å². The molecule has 78 valence electrons. The van der Waals surface area contributed by atoms with Gasteiger partial charge in [-0.25, -0.2) is 13.6 Å². The summed E-state index contributed by atoms with van der Waals surface area (Å²) in [5.41, 5.74) is -0.446. The van der Waals surface area contributed by atoms with E-state index in [2.05, 4.69) is 21.0 Å². The summed E-state index contributed by atoms with van der Waals surface area (Å²) in [7, 11) is 0. The molecule has 0 aliphatic rings. The predicted molar refractivity (Wildman–Crippen MR) is 47.2 cm³/mol. The number of aliphatic carboxylic acids is 1. The van der Waals surface area contributed by atoms with E-state index in [4.69, 9.17) is 5.11 Å². The summed E-state index contributed by atoms with van der Waals surface area (Å²) in [4.78, 5) is 10.5. The minimum absolute atomic E-state index is 0.112. The van der Waals surface area contributed by atoms with Crippen LogP contribution in [0.1, 0.15) is 25.1 Å². The molecule has 7 heteroatoms. The topological polar surface area (TPSA) is 55.1 Å². The van der Waals surface area contributed by atoms with Crippen molar-refractivity contribution in [1.29, 1.82) is 0 Å². The van der Waals surface area contributed by atoms with Crippen LogP contribution >= 0.6 is 15.9 Å². The molecule has 0 amide bonds. The smallest absolute Gasteiger partial charge is 0.328 e. The Morgan fingerprint density at radius 2 is 2.29 bits per heavy atom. The highest BCUT2D eigenvalue weighted by Gasteiger charge is 2.21. The van der Waals surface area contributed by atoms with Crippen LogP contribution < -0.4 is 0 Å². The van der Waals surface area contributed by atoms with Crippen molar-refractivity contribution < 1.29 is 18.7 Å². The zero-order valence-electron chi connectivity index (χ0n) is 7.12. The summed E-state index contributed by atoms with van der Waals surface area (Å²) in [5, 5.41) is 12.1. The van der Waals surface area contributed by atoms with Crippen molar-refractivity contribution in [3.63, 3.8) is 0 Å². The number of hydrogen-bond acceptors (Lipinski definition) is 2. The van der Waals surface area contributed by atoms with Gasteiger partial charge in [-0.2, -0.15) is 5.10 Å². The number of hydrogen-bond donors (Lipinski definition) is 1. The highest BCUT2D eigenvalue weighted by atomic mass is 79.9. The number of rotatable bonds is 3. The van der Waals surface area contributed by atoms with Gasteiger partial charge in [0.1, 0.15) is 11.7 Å². The fraction of sp³-hybridized carbons (Fsp3) is 0.429. The number of nitrogens with zero attached hydrogens (tertiary/aromatic N) is 2. The zero-order chi connectivity index (χ0) is 10.9. The Morgan fingerprint density at radius 3 is 2.64 bits per heavy atom. The molecule has 0 aliphatic carbocycles. The molecule has 1 rings (SSSR count). The van der Waals surface area contributed by atoms with Crippen LogP contribution in [0.15, 0.2) is 10.7 Å². The molecule has 0 saturated heterocycles. The lowest BCUT2D eigenvalue weighted by atomic mass is 10.4. The summed E-state index contributed by atoms with van der Waals surface area (Å²) >= 11 is 2.88. The minimum Gasteiger partial charge on any atom is -0.480 e. The Morgan fingerprint density at radius 1 is 1.71 bits per heavy atom. The second kappa shape index (κ2) is 4.04. The van der Waals surface area contributed by atoms with Crippen LogP contribution in [0.2, 0.25) is 0 Å². The summed E-state index contributed by atoms with van der Waals surface area (Å²) < 4.78 is 25.6. The van der Waals surface area contributed by atoms with Gasteiger partial charge in [-0.05, 0) is 22.9 Å². The molecule has 1 aromatic rings. The summed E-state index contributed by atoms with van der Waals surface area (Å²) in [6.07, 6.45) is -1.49. The molecule has 4 nitrogen and oxygen atoms in total. The molecule has 0 bridgehead atoms. The van der Waals surface area contributed by atoms with E-state index in [1.54, 1.807) is 0 Å². The summed E-state index contributed by atoms with van der Waals surface area (Å²) in [5.74, 6) is -1.12. The number of alkyl halides is 2.